The molecule has 1 aliphatic rings. The fourth-order valence-corrected chi connectivity index (χ4v) is 4.88. The highest BCUT2D eigenvalue weighted by Gasteiger charge is 2.54. The van der Waals surface area contributed by atoms with Crippen molar-refractivity contribution in [1.82, 2.24) is 9.29 Å². The molecule has 10 heteroatoms. The molecule has 1 unspecified atom stereocenters. The Morgan fingerprint density at radius 2 is 1.97 bits per heavy atom. The van der Waals surface area contributed by atoms with Crippen molar-refractivity contribution in [3.05, 3.63) is 54.4 Å². The molecule has 2 atom stereocenters. The van der Waals surface area contributed by atoms with Crippen LogP contribution in [-0.2, 0) is 26.1 Å². The first-order valence-corrected chi connectivity index (χ1v) is 10.4. The van der Waals surface area contributed by atoms with Crippen molar-refractivity contribution in [2.24, 2.45) is 5.73 Å². The molecule has 1 aromatic heterocycles. The van der Waals surface area contributed by atoms with Crippen molar-refractivity contribution in [1.29, 1.82) is 0 Å². The summed E-state index contributed by atoms with van der Waals surface area (Å²) < 4.78 is 38.2. The molecule has 0 saturated carbocycles. The van der Waals surface area contributed by atoms with Gasteiger partial charge in [0.2, 0.25) is 15.7 Å². The zero-order chi connectivity index (χ0) is 21.1. The van der Waals surface area contributed by atoms with E-state index in [0.717, 1.165) is 0 Å². The summed E-state index contributed by atoms with van der Waals surface area (Å²) in [6, 6.07) is 8.82. The zero-order valence-electron chi connectivity index (χ0n) is 15.9. The van der Waals surface area contributed by atoms with Gasteiger partial charge in [-0.2, -0.15) is 4.31 Å². The van der Waals surface area contributed by atoms with Crippen LogP contribution in [0.2, 0.25) is 0 Å². The highest BCUT2D eigenvalue weighted by Crippen LogP contribution is 2.34. The highest BCUT2D eigenvalue weighted by atomic mass is 32.2. The minimum absolute atomic E-state index is 0.120. The van der Waals surface area contributed by atoms with Crippen LogP contribution in [-0.4, -0.2) is 54.3 Å². The van der Waals surface area contributed by atoms with E-state index in [0.29, 0.717) is 35.1 Å². The van der Waals surface area contributed by atoms with E-state index in [-0.39, 0.29) is 11.4 Å². The lowest BCUT2D eigenvalue weighted by molar-refractivity contribution is -0.176. The normalized spacial score (nSPS) is 19.1. The van der Waals surface area contributed by atoms with Gasteiger partial charge >= 0.3 is 0 Å². The van der Waals surface area contributed by atoms with E-state index in [1.54, 1.807) is 12.1 Å². The highest BCUT2D eigenvalue weighted by molar-refractivity contribution is 7.89. The van der Waals surface area contributed by atoms with Crippen LogP contribution in [0.3, 0.4) is 0 Å². The van der Waals surface area contributed by atoms with Gasteiger partial charge in [-0.3, -0.25) is 9.78 Å². The number of pyridine rings is 1. The van der Waals surface area contributed by atoms with Gasteiger partial charge < -0.3 is 20.3 Å². The molecule has 9 nitrogen and oxygen atoms in total. The molecule has 29 heavy (non-hydrogen) atoms. The monoisotopic (exact) mass is 421 g/mol. The summed E-state index contributed by atoms with van der Waals surface area (Å²) in [7, 11) is -2.88. The van der Waals surface area contributed by atoms with Crippen molar-refractivity contribution in [2.45, 2.75) is 36.1 Å². The van der Waals surface area contributed by atoms with Crippen molar-refractivity contribution in [2.75, 3.05) is 13.7 Å². The zero-order valence-corrected chi connectivity index (χ0v) is 16.7. The second-order valence-corrected chi connectivity index (χ2v) is 8.50. The van der Waals surface area contributed by atoms with Crippen LogP contribution in [0.1, 0.15) is 18.4 Å². The molecule has 156 valence electrons. The number of nitrogens with zero attached hydrogens (tertiary/aromatic N) is 2. The summed E-state index contributed by atoms with van der Waals surface area (Å²) in [5, 5.41) is 11.3. The molecule has 0 radical (unpaired) electrons. The number of amides is 1. The number of primary amides is 1. The van der Waals surface area contributed by atoms with Crippen LogP contribution in [0, 0.1) is 0 Å². The molecular formula is C19H23N3O6S. The summed E-state index contributed by atoms with van der Waals surface area (Å²) >= 11 is 0. The molecular weight excluding hydrogens is 398 g/mol. The summed E-state index contributed by atoms with van der Waals surface area (Å²) in [5.41, 5.74) is 3.48. The largest absolute Gasteiger partial charge is 0.497 e. The molecule has 1 saturated heterocycles. The number of aromatic nitrogens is 1. The van der Waals surface area contributed by atoms with Crippen LogP contribution in [0.4, 0.5) is 0 Å². The minimum Gasteiger partial charge on any atom is -0.497 e. The lowest BCUT2D eigenvalue weighted by Crippen LogP contribution is -2.65. The number of ether oxygens (including phenoxy) is 2. The van der Waals surface area contributed by atoms with Gasteiger partial charge in [0, 0.05) is 25.5 Å². The van der Waals surface area contributed by atoms with Crippen molar-refractivity contribution in [3.8, 4) is 5.75 Å². The Morgan fingerprint density at radius 3 is 2.48 bits per heavy atom. The Labute approximate surface area is 169 Å². The number of nitrogens with two attached hydrogens (primary N) is 1. The molecule has 3 N–H and O–H groups in total. The second kappa shape index (κ2) is 8.46. The lowest BCUT2D eigenvalue weighted by atomic mass is 10.0. The lowest BCUT2D eigenvalue weighted by Gasteiger charge is -2.39. The van der Waals surface area contributed by atoms with E-state index in [2.05, 4.69) is 4.98 Å². The van der Waals surface area contributed by atoms with Gasteiger partial charge in [0.05, 0.1) is 12.0 Å². The number of hydrogen-bond acceptors (Lipinski definition) is 7. The fourth-order valence-electron chi connectivity index (χ4n) is 3.25. The third-order valence-electron chi connectivity index (χ3n) is 4.84. The minimum atomic E-state index is -4.34. The molecule has 1 aromatic carbocycles. The number of benzene rings is 1. The SMILES string of the molecule is COc1ccc(S(=O)(=O)N(Cc2ccncc2)[C@](O)(C(N)=O)C2CCCO2)cc1. The molecule has 1 aliphatic heterocycles. The maximum Gasteiger partial charge on any atom is 0.268 e. The van der Waals surface area contributed by atoms with Crippen molar-refractivity contribution < 1.29 is 27.8 Å². The van der Waals surface area contributed by atoms with E-state index < -0.39 is 27.8 Å². The van der Waals surface area contributed by atoms with Gasteiger partial charge in [0.1, 0.15) is 11.9 Å². The van der Waals surface area contributed by atoms with Gasteiger partial charge in [-0.05, 0) is 54.8 Å². The summed E-state index contributed by atoms with van der Waals surface area (Å²) in [5.74, 6) is -0.732. The number of methoxy groups -OCH3 is 1. The Kier molecular flexibility index (Phi) is 6.18. The third kappa shape index (κ3) is 4.10. The Balaban J connectivity index is 2.11. The number of rotatable bonds is 8. The first-order valence-electron chi connectivity index (χ1n) is 9.00. The first-order chi connectivity index (χ1) is 13.8. The summed E-state index contributed by atoms with van der Waals surface area (Å²) in [6.07, 6.45) is 2.78. The molecule has 0 aliphatic carbocycles. The van der Waals surface area contributed by atoms with Gasteiger partial charge in [-0.1, -0.05) is 0 Å². The average Bonchev–Trinajstić information content (AvgIpc) is 3.27. The summed E-state index contributed by atoms with van der Waals surface area (Å²) in [4.78, 5) is 16.2. The smallest absolute Gasteiger partial charge is 0.268 e. The predicted molar refractivity (Wildman–Crippen MR) is 103 cm³/mol. The maximum atomic E-state index is 13.5. The molecule has 2 aromatic rings. The molecule has 0 bridgehead atoms. The number of sulfonamides is 1. The van der Waals surface area contributed by atoms with Crippen molar-refractivity contribution in [3.63, 3.8) is 0 Å². The van der Waals surface area contributed by atoms with E-state index in [1.807, 2.05) is 0 Å². The van der Waals surface area contributed by atoms with E-state index >= 15 is 0 Å². The predicted octanol–water partition coefficient (Wildman–Crippen LogP) is 0.634. The molecule has 1 fully saturated rings. The summed E-state index contributed by atoms with van der Waals surface area (Å²) in [6.45, 7) is 0.00210. The van der Waals surface area contributed by atoms with E-state index in [4.69, 9.17) is 15.2 Å². The van der Waals surface area contributed by atoms with Crippen molar-refractivity contribution >= 4 is 15.9 Å². The van der Waals surface area contributed by atoms with Gasteiger partial charge in [-0.15, -0.1) is 0 Å². The number of hydrogen-bond donors (Lipinski definition) is 2. The Hall–Kier alpha value is -2.53. The first kappa shape index (κ1) is 21.2. The Morgan fingerprint density at radius 1 is 1.31 bits per heavy atom. The van der Waals surface area contributed by atoms with Gasteiger partial charge in [-0.25, -0.2) is 8.42 Å². The molecule has 3 rings (SSSR count). The quantitative estimate of drug-likeness (QED) is 0.598. The van der Waals surface area contributed by atoms with Crippen LogP contribution < -0.4 is 10.5 Å². The van der Waals surface area contributed by atoms with Gasteiger partial charge in [0.15, 0.2) is 0 Å². The molecule has 2 heterocycles. The number of carbonyl (C=O) groups excluding carboxylic acids is 1. The topological polar surface area (TPSA) is 132 Å². The Bertz CT molecular complexity index is 946. The molecule has 1 amide bonds. The number of aliphatic hydroxyl groups is 1. The van der Waals surface area contributed by atoms with Gasteiger partial charge in [0.25, 0.3) is 5.91 Å². The fraction of sp³-hybridized carbons (Fsp3) is 0.368. The van der Waals surface area contributed by atoms with Crippen LogP contribution >= 0.6 is 0 Å². The average molecular weight is 421 g/mol. The number of carbonyl (C=O) groups is 1. The van der Waals surface area contributed by atoms with Crippen LogP contribution in [0.5, 0.6) is 5.75 Å². The van der Waals surface area contributed by atoms with Crippen LogP contribution in [0.15, 0.2) is 53.7 Å². The second-order valence-electron chi connectivity index (χ2n) is 6.63. The molecule has 0 spiro atoms. The van der Waals surface area contributed by atoms with E-state index in [9.17, 15) is 18.3 Å². The third-order valence-corrected chi connectivity index (χ3v) is 6.70. The van der Waals surface area contributed by atoms with E-state index in [1.165, 1.54) is 43.8 Å². The van der Waals surface area contributed by atoms with Crippen LogP contribution in [0.25, 0.3) is 0 Å². The standard InChI is InChI=1S/C19H23N3O6S/c1-27-15-4-6-16(7-5-15)29(25,26)22(13-14-8-10-21-11-9-14)19(24,18(20)23)17-3-2-12-28-17/h4-11,17,24H,2-3,12-13H2,1H3,(H2,20,23)/t17?,19-/m1/s1. The maximum absolute atomic E-state index is 13.5.